The fourth-order valence-corrected chi connectivity index (χ4v) is 8.49. The van der Waals surface area contributed by atoms with E-state index in [-0.39, 0.29) is 119 Å². The molecule has 3 N–H and O–H groups in total. The highest BCUT2D eigenvalue weighted by molar-refractivity contribution is 6.12. The second-order valence-electron chi connectivity index (χ2n) is 20.0. The maximum Gasteiger partial charge on any atom is 0.342 e. The van der Waals surface area contributed by atoms with E-state index in [0.29, 0.717) is 5.56 Å². The van der Waals surface area contributed by atoms with Crippen molar-refractivity contribution in [1.29, 1.82) is 0 Å². The Bertz CT molecular complexity index is 3190. The highest BCUT2D eigenvalue weighted by atomic mass is 16.6. The zero-order chi connectivity index (χ0) is 59.9. The number of hydrogen-bond acceptors (Lipinski definition) is 15. The summed E-state index contributed by atoms with van der Waals surface area (Å²) in [6.07, 6.45) is 3.83. The van der Waals surface area contributed by atoms with Gasteiger partial charge in [-0.1, -0.05) is 97.9 Å². The lowest BCUT2D eigenvalue weighted by Crippen LogP contribution is -2.66. The normalized spacial score (nSPS) is 11.9. The lowest BCUT2D eigenvalue weighted by atomic mass is 9.92. The standard InChI is InChI=1S/C61H73N7O15/c1-8-61(59(76)83-60(2,3)4,64-54(71)48-26-31-67(36-39-79-7)57(74)51(48)82-42-45-22-16-11-17-23-45)58(75)68(32-27-62-52(69)46-24-29-65(34-37-77-5)55(72)49(46)80-40-43-18-12-9-13-19-43)33-28-63-53(70)47-25-30-66(35-38-78-6)56(73)50(47)81-41-44-20-14-10-15-21-44/h9-26,29-31H,8,27-28,32-42H2,1-7H3,(H,62,69)(H,63,70)(H,64,71). The van der Waals surface area contributed by atoms with Gasteiger partial charge in [0.05, 0.1) is 36.5 Å². The predicted octanol–water partition coefficient (Wildman–Crippen LogP) is 4.76. The Morgan fingerprint density at radius 2 is 0.831 bits per heavy atom. The first-order valence-corrected chi connectivity index (χ1v) is 27.0. The van der Waals surface area contributed by atoms with Crippen molar-refractivity contribution in [3.8, 4) is 17.2 Å². The van der Waals surface area contributed by atoms with Crippen molar-refractivity contribution in [3.63, 3.8) is 0 Å². The van der Waals surface area contributed by atoms with Crippen molar-refractivity contribution in [2.45, 2.75) is 84.7 Å². The van der Waals surface area contributed by atoms with Crippen LogP contribution in [0.15, 0.2) is 142 Å². The number of nitrogens with one attached hydrogen (secondary N) is 3. The number of benzene rings is 3. The van der Waals surface area contributed by atoms with Crippen molar-refractivity contribution in [2.75, 3.05) is 67.3 Å². The molecule has 0 aliphatic carbocycles. The third-order valence-electron chi connectivity index (χ3n) is 13.0. The average Bonchev–Trinajstić information content (AvgIpc) is 3.55. The van der Waals surface area contributed by atoms with Gasteiger partial charge in [0.15, 0.2) is 17.2 Å². The van der Waals surface area contributed by atoms with E-state index < -0.39 is 63.8 Å². The molecule has 6 rings (SSSR count). The summed E-state index contributed by atoms with van der Waals surface area (Å²) in [6.45, 7) is 5.61. The van der Waals surface area contributed by atoms with E-state index in [0.717, 1.165) is 16.0 Å². The molecule has 22 nitrogen and oxygen atoms in total. The van der Waals surface area contributed by atoms with Crippen LogP contribution >= 0.6 is 0 Å². The van der Waals surface area contributed by atoms with Crippen LogP contribution in [0.5, 0.6) is 17.2 Å². The van der Waals surface area contributed by atoms with E-state index in [9.17, 15) is 33.6 Å². The lowest BCUT2D eigenvalue weighted by Gasteiger charge is -2.37. The summed E-state index contributed by atoms with van der Waals surface area (Å²) in [6, 6.07) is 31.2. The van der Waals surface area contributed by atoms with Gasteiger partial charge in [0.1, 0.15) is 25.4 Å². The first-order valence-electron chi connectivity index (χ1n) is 27.0. The number of ether oxygens (including phenoxy) is 7. The Kier molecular flexibility index (Phi) is 23.5. The topological polar surface area (TPSA) is 255 Å². The molecule has 0 aliphatic rings. The number of amides is 4. The molecule has 1 atom stereocenters. The third-order valence-corrected chi connectivity index (χ3v) is 13.0. The SMILES string of the molecule is CCC(NC(=O)c1ccn(CCOC)c(=O)c1OCc1ccccc1)(C(=O)OC(C)(C)C)C(=O)N(CCNC(=O)c1ccn(CCOC)c(=O)c1OCc1ccccc1)CCNC(=O)c1ccn(CCOC)c(=O)c1OCc1ccccc1. The van der Waals surface area contributed by atoms with E-state index in [4.69, 9.17) is 33.2 Å². The summed E-state index contributed by atoms with van der Waals surface area (Å²) in [7, 11) is 4.45. The molecular weight excluding hydrogens is 1070 g/mol. The number of carbonyl (C=O) groups excluding carboxylic acids is 5. The van der Waals surface area contributed by atoms with E-state index in [1.165, 1.54) is 78.7 Å². The molecule has 0 saturated carbocycles. The fraction of sp³-hybridized carbons (Fsp3) is 0.377. The summed E-state index contributed by atoms with van der Waals surface area (Å²) >= 11 is 0. The fourth-order valence-electron chi connectivity index (χ4n) is 8.49. The van der Waals surface area contributed by atoms with Crippen LogP contribution in [0.4, 0.5) is 0 Å². The summed E-state index contributed by atoms with van der Waals surface area (Å²) in [5.74, 6) is -5.58. The van der Waals surface area contributed by atoms with Crippen LogP contribution < -0.4 is 46.8 Å². The molecule has 1 unspecified atom stereocenters. The highest BCUT2D eigenvalue weighted by Crippen LogP contribution is 2.25. The number of methoxy groups -OCH3 is 3. The number of esters is 1. The zero-order valence-corrected chi connectivity index (χ0v) is 47.9. The van der Waals surface area contributed by atoms with Crippen molar-refractivity contribution in [2.24, 2.45) is 0 Å². The minimum atomic E-state index is -2.53. The average molecular weight is 1140 g/mol. The van der Waals surface area contributed by atoms with Gasteiger partial charge in [0.25, 0.3) is 40.3 Å². The Morgan fingerprint density at radius 1 is 0.494 bits per heavy atom. The zero-order valence-electron chi connectivity index (χ0n) is 47.9. The lowest BCUT2D eigenvalue weighted by molar-refractivity contribution is -0.168. The van der Waals surface area contributed by atoms with Crippen LogP contribution in [0.3, 0.4) is 0 Å². The van der Waals surface area contributed by atoms with Crippen LogP contribution in [-0.2, 0) is 68.0 Å². The van der Waals surface area contributed by atoms with Crippen molar-refractivity contribution in [3.05, 3.63) is 192 Å². The predicted molar refractivity (Wildman–Crippen MR) is 308 cm³/mol. The van der Waals surface area contributed by atoms with E-state index in [2.05, 4.69) is 16.0 Å². The van der Waals surface area contributed by atoms with Crippen molar-refractivity contribution in [1.82, 2.24) is 34.6 Å². The van der Waals surface area contributed by atoms with Gasteiger partial charge in [0, 0.05) is 85.7 Å². The number of carbonyl (C=O) groups is 5. The van der Waals surface area contributed by atoms with E-state index in [1.807, 2.05) is 18.2 Å². The second kappa shape index (κ2) is 30.8. The molecule has 3 heterocycles. The Hall–Kier alpha value is -8.86. The molecular formula is C61H73N7O15. The molecule has 6 aromatic rings. The molecule has 22 heteroatoms. The summed E-state index contributed by atoms with van der Waals surface area (Å²) in [5.41, 5.74) is -4.02. The number of aromatic nitrogens is 3. The molecule has 0 aliphatic heterocycles. The van der Waals surface area contributed by atoms with Crippen LogP contribution in [0, 0.1) is 0 Å². The molecule has 0 saturated heterocycles. The monoisotopic (exact) mass is 1140 g/mol. The minimum absolute atomic E-state index is 0.0463. The summed E-state index contributed by atoms with van der Waals surface area (Å²) in [4.78, 5) is 117. The summed E-state index contributed by atoms with van der Waals surface area (Å²) in [5, 5.41) is 8.17. The number of nitrogens with zero attached hydrogens (tertiary/aromatic N) is 4. The quantitative estimate of drug-likeness (QED) is 0.0392. The Balaban J connectivity index is 1.37. The molecule has 83 heavy (non-hydrogen) atoms. The second-order valence-corrected chi connectivity index (χ2v) is 20.0. The summed E-state index contributed by atoms with van der Waals surface area (Å²) < 4.78 is 43.6. The molecule has 3 aromatic heterocycles. The van der Waals surface area contributed by atoms with Gasteiger partial charge >= 0.3 is 5.97 Å². The van der Waals surface area contributed by atoms with E-state index in [1.54, 1.807) is 93.6 Å². The van der Waals surface area contributed by atoms with Crippen LogP contribution in [0.2, 0.25) is 0 Å². The molecule has 0 spiro atoms. The molecule has 0 fully saturated rings. The van der Waals surface area contributed by atoms with Crippen LogP contribution in [0.1, 0.15) is 81.9 Å². The molecule has 442 valence electrons. The Morgan fingerprint density at radius 3 is 1.14 bits per heavy atom. The first-order chi connectivity index (χ1) is 39.9. The minimum Gasteiger partial charge on any atom is -0.482 e. The smallest absolute Gasteiger partial charge is 0.342 e. The van der Waals surface area contributed by atoms with Crippen molar-refractivity contribution >= 4 is 29.6 Å². The van der Waals surface area contributed by atoms with Gasteiger partial charge in [-0.15, -0.1) is 0 Å². The number of pyridine rings is 3. The van der Waals surface area contributed by atoms with Gasteiger partial charge in [-0.2, -0.15) is 0 Å². The largest absolute Gasteiger partial charge is 0.482 e. The third kappa shape index (κ3) is 17.3. The van der Waals surface area contributed by atoms with Gasteiger partial charge in [-0.3, -0.25) is 33.6 Å². The van der Waals surface area contributed by atoms with Crippen molar-refractivity contribution < 1.29 is 57.1 Å². The highest BCUT2D eigenvalue weighted by Gasteiger charge is 2.51. The van der Waals surface area contributed by atoms with Gasteiger partial charge in [-0.05, 0) is 62.1 Å². The van der Waals surface area contributed by atoms with Crippen LogP contribution in [-0.4, -0.2) is 127 Å². The Labute approximate surface area is 481 Å². The van der Waals surface area contributed by atoms with Gasteiger partial charge in [0.2, 0.25) is 5.54 Å². The van der Waals surface area contributed by atoms with E-state index >= 15 is 4.79 Å². The maximum atomic E-state index is 15.6. The first kappa shape index (κ1) is 63.3. The molecule has 4 amide bonds. The molecule has 0 bridgehead atoms. The van der Waals surface area contributed by atoms with Gasteiger partial charge in [-0.25, -0.2) is 4.79 Å². The molecule has 0 radical (unpaired) electrons. The van der Waals surface area contributed by atoms with Crippen LogP contribution in [0.25, 0.3) is 0 Å². The van der Waals surface area contributed by atoms with Gasteiger partial charge < -0.3 is 67.7 Å². The maximum absolute atomic E-state index is 15.6. The number of rotatable bonds is 31. The molecule has 3 aromatic carbocycles. The number of hydrogen-bond donors (Lipinski definition) is 3.